The summed E-state index contributed by atoms with van der Waals surface area (Å²) in [4.78, 5) is 60.7. The molecule has 0 bridgehead atoms. The molecule has 0 aromatic rings. The summed E-state index contributed by atoms with van der Waals surface area (Å²) in [7, 11) is 3.09. The van der Waals surface area contributed by atoms with E-state index in [9.17, 15) is 24.0 Å². The lowest BCUT2D eigenvalue weighted by molar-refractivity contribution is -0.156. The predicted molar refractivity (Wildman–Crippen MR) is 85.8 cm³/mol. The molecule has 4 amide bonds. The van der Waals surface area contributed by atoms with Crippen molar-refractivity contribution in [1.82, 2.24) is 20.4 Å². The van der Waals surface area contributed by atoms with Crippen LogP contribution >= 0.6 is 0 Å². The molecule has 140 valence electrons. The lowest BCUT2D eigenvalue weighted by atomic mass is 10.2. The van der Waals surface area contributed by atoms with Crippen LogP contribution in [0.25, 0.3) is 0 Å². The van der Waals surface area contributed by atoms with E-state index in [0.717, 1.165) is 0 Å². The number of rotatable bonds is 7. The first-order chi connectivity index (χ1) is 11.7. The molecule has 0 aromatic carbocycles. The number of amides is 4. The number of likely N-dealkylation sites (tertiary alicyclic amines) is 1. The number of hydrogen-bond acceptors (Lipinski definition) is 6. The second-order valence-corrected chi connectivity index (χ2v) is 5.83. The molecular weight excluding hydrogens is 332 g/mol. The van der Waals surface area contributed by atoms with Gasteiger partial charge in [0.05, 0.1) is 6.67 Å². The summed E-state index contributed by atoms with van der Waals surface area (Å²) in [6.07, 6.45) is 0.735. The van der Waals surface area contributed by atoms with Gasteiger partial charge in [0.25, 0.3) is 5.91 Å². The molecule has 0 unspecified atom stereocenters. The maximum Gasteiger partial charge on any atom is 0.329 e. The SMILES string of the molecule is CC(=O)NCNC(=O)COC(=O)[C@@H]1CCCN1C(=O)CC(=O)N(C)C. The van der Waals surface area contributed by atoms with E-state index in [4.69, 9.17) is 4.74 Å². The Labute approximate surface area is 145 Å². The minimum Gasteiger partial charge on any atom is -0.454 e. The highest BCUT2D eigenvalue weighted by atomic mass is 16.5. The number of carbonyl (C=O) groups is 5. The van der Waals surface area contributed by atoms with Crippen LogP contribution in [0, 0.1) is 0 Å². The van der Waals surface area contributed by atoms with Gasteiger partial charge in [0.2, 0.25) is 17.7 Å². The fraction of sp³-hybridized carbons (Fsp3) is 0.667. The fourth-order valence-electron chi connectivity index (χ4n) is 2.25. The molecule has 10 nitrogen and oxygen atoms in total. The Balaban J connectivity index is 2.45. The normalized spacial score (nSPS) is 16.1. The first kappa shape index (κ1) is 20.4. The van der Waals surface area contributed by atoms with Crippen molar-refractivity contribution in [2.24, 2.45) is 0 Å². The molecule has 1 rings (SSSR count). The van der Waals surface area contributed by atoms with E-state index in [-0.39, 0.29) is 24.9 Å². The van der Waals surface area contributed by atoms with E-state index >= 15 is 0 Å². The maximum absolute atomic E-state index is 12.2. The van der Waals surface area contributed by atoms with Gasteiger partial charge in [-0.3, -0.25) is 19.2 Å². The molecular formula is C15H24N4O6. The largest absolute Gasteiger partial charge is 0.454 e. The van der Waals surface area contributed by atoms with Crippen molar-refractivity contribution in [3.8, 4) is 0 Å². The van der Waals surface area contributed by atoms with Crippen LogP contribution in [0.3, 0.4) is 0 Å². The first-order valence-corrected chi connectivity index (χ1v) is 7.89. The highest BCUT2D eigenvalue weighted by Crippen LogP contribution is 2.19. The molecule has 2 N–H and O–H groups in total. The van der Waals surface area contributed by atoms with Crippen molar-refractivity contribution in [3.63, 3.8) is 0 Å². The van der Waals surface area contributed by atoms with Gasteiger partial charge in [-0.2, -0.15) is 0 Å². The van der Waals surface area contributed by atoms with Gasteiger partial charge < -0.3 is 25.2 Å². The van der Waals surface area contributed by atoms with E-state index in [1.807, 2.05) is 0 Å². The molecule has 0 aromatic heterocycles. The Morgan fingerprint density at radius 1 is 1.16 bits per heavy atom. The van der Waals surface area contributed by atoms with Crippen LogP contribution in [-0.4, -0.2) is 79.4 Å². The molecule has 1 saturated heterocycles. The molecule has 0 saturated carbocycles. The van der Waals surface area contributed by atoms with Crippen LogP contribution in [0.2, 0.25) is 0 Å². The van der Waals surface area contributed by atoms with Crippen molar-refractivity contribution in [1.29, 1.82) is 0 Å². The molecule has 1 atom stereocenters. The average Bonchev–Trinajstić information content (AvgIpc) is 3.01. The summed E-state index contributed by atoms with van der Waals surface area (Å²) in [6.45, 7) is 1.10. The molecule has 1 heterocycles. The van der Waals surface area contributed by atoms with Gasteiger partial charge >= 0.3 is 5.97 Å². The fourth-order valence-corrected chi connectivity index (χ4v) is 2.25. The number of nitrogens with one attached hydrogen (secondary N) is 2. The zero-order chi connectivity index (χ0) is 19.0. The molecule has 1 aliphatic heterocycles. The molecule has 1 aliphatic rings. The zero-order valence-corrected chi connectivity index (χ0v) is 14.7. The van der Waals surface area contributed by atoms with Gasteiger partial charge in [0.1, 0.15) is 12.5 Å². The summed E-state index contributed by atoms with van der Waals surface area (Å²) < 4.78 is 4.93. The molecule has 10 heteroatoms. The highest BCUT2D eigenvalue weighted by molar-refractivity contribution is 5.98. The van der Waals surface area contributed by atoms with Gasteiger partial charge in [0, 0.05) is 27.6 Å². The number of nitrogens with zero attached hydrogens (tertiary/aromatic N) is 2. The summed E-state index contributed by atoms with van der Waals surface area (Å²) >= 11 is 0. The van der Waals surface area contributed by atoms with Gasteiger partial charge in [0.15, 0.2) is 6.61 Å². The Hall–Kier alpha value is -2.65. The molecule has 0 spiro atoms. The van der Waals surface area contributed by atoms with Crippen LogP contribution in [-0.2, 0) is 28.7 Å². The van der Waals surface area contributed by atoms with Gasteiger partial charge in [-0.05, 0) is 12.8 Å². The summed E-state index contributed by atoms with van der Waals surface area (Å²) in [5.41, 5.74) is 0. The van der Waals surface area contributed by atoms with Crippen LogP contribution in [0.5, 0.6) is 0 Å². The topological polar surface area (TPSA) is 125 Å². The lowest BCUT2D eigenvalue weighted by Gasteiger charge is -2.23. The minimum absolute atomic E-state index is 0.0631. The maximum atomic E-state index is 12.2. The van der Waals surface area contributed by atoms with Crippen LogP contribution < -0.4 is 10.6 Å². The summed E-state index contributed by atoms with van der Waals surface area (Å²) in [6, 6.07) is -0.786. The van der Waals surface area contributed by atoms with E-state index in [1.54, 1.807) is 14.1 Å². The Morgan fingerprint density at radius 3 is 2.44 bits per heavy atom. The van der Waals surface area contributed by atoms with Crippen molar-refractivity contribution >= 4 is 29.6 Å². The van der Waals surface area contributed by atoms with Gasteiger partial charge in [-0.15, -0.1) is 0 Å². The minimum atomic E-state index is -0.786. The standard InChI is InChI=1S/C15H24N4O6/c1-10(20)16-9-17-12(21)8-25-15(24)11-5-4-6-19(11)14(23)7-13(22)18(2)3/h11H,4-9H2,1-3H3,(H,16,20)(H,17,21)/t11-/m0/s1. The monoisotopic (exact) mass is 356 g/mol. The number of ether oxygens (including phenoxy) is 1. The second kappa shape index (κ2) is 9.60. The van der Waals surface area contributed by atoms with Crippen molar-refractivity contribution in [3.05, 3.63) is 0 Å². The summed E-state index contributed by atoms with van der Waals surface area (Å²) in [5, 5.41) is 4.72. The second-order valence-electron chi connectivity index (χ2n) is 5.83. The Bertz CT molecular complexity index is 548. The van der Waals surface area contributed by atoms with E-state index in [0.29, 0.717) is 19.4 Å². The molecule has 0 radical (unpaired) electrons. The average molecular weight is 356 g/mol. The van der Waals surface area contributed by atoms with Crippen molar-refractivity contribution in [2.75, 3.05) is 33.9 Å². The first-order valence-electron chi connectivity index (χ1n) is 7.89. The Morgan fingerprint density at radius 2 is 1.84 bits per heavy atom. The van der Waals surface area contributed by atoms with Gasteiger partial charge in [-0.25, -0.2) is 4.79 Å². The van der Waals surface area contributed by atoms with Crippen LogP contribution in [0.15, 0.2) is 0 Å². The third-order valence-electron chi connectivity index (χ3n) is 3.61. The number of carbonyl (C=O) groups excluding carboxylic acids is 5. The molecule has 0 aliphatic carbocycles. The van der Waals surface area contributed by atoms with Crippen molar-refractivity contribution in [2.45, 2.75) is 32.2 Å². The van der Waals surface area contributed by atoms with Crippen LogP contribution in [0.1, 0.15) is 26.2 Å². The molecule has 1 fully saturated rings. The number of esters is 1. The lowest BCUT2D eigenvalue weighted by Crippen LogP contribution is -2.44. The quantitative estimate of drug-likeness (QED) is 0.315. The highest BCUT2D eigenvalue weighted by Gasteiger charge is 2.36. The van der Waals surface area contributed by atoms with Gasteiger partial charge in [-0.1, -0.05) is 0 Å². The van der Waals surface area contributed by atoms with Crippen molar-refractivity contribution < 1.29 is 28.7 Å². The Kier molecular flexibility index (Phi) is 7.83. The molecule has 25 heavy (non-hydrogen) atoms. The smallest absolute Gasteiger partial charge is 0.329 e. The number of hydrogen-bond donors (Lipinski definition) is 2. The van der Waals surface area contributed by atoms with Crippen LogP contribution in [0.4, 0.5) is 0 Å². The third-order valence-corrected chi connectivity index (χ3v) is 3.61. The van der Waals surface area contributed by atoms with E-state index in [1.165, 1.54) is 16.7 Å². The summed E-state index contributed by atoms with van der Waals surface area (Å²) in [5.74, 6) is -2.34. The third kappa shape index (κ3) is 6.77. The van der Waals surface area contributed by atoms with E-state index in [2.05, 4.69) is 10.6 Å². The predicted octanol–water partition coefficient (Wildman–Crippen LogP) is -1.79. The van der Waals surface area contributed by atoms with E-state index < -0.39 is 30.4 Å². The zero-order valence-electron chi connectivity index (χ0n) is 14.7.